The van der Waals surface area contributed by atoms with Crippen molar-refractivity contribution in [3.63, 3.8) is 0 Å². The summed E-state index contributed by atoms with van der Waals surface area (Å²) in [6.45, 7) is 8.65. The first-order chi connectivity index (χ1) is 9.02. The van der Waals surface area contributed by atoms with Crippen LogP contribution in [0, 0.1) is 0 Å². The van der Waals surface area contributed by atoms with Gasteiger partial charge >= 0.3 is 0 Å². The quantitative estimate of drug-likeness (QED) is 0.787. The largest absolute Gasteiger partial charge is 0.377 e. The summed E-state index contributed by atoms with van der Waals surface area (Å²) in [5, 5.41) is 8.04. The third kappa shape index (κ3) is 3.57. The summed E-state index contributed by atoms with van der Waals surface area (Å²) in [5.74, 6) is 0. The molecule has 0 aliphatic heterocycles. The van der Waals surface area contributed by atoms with E-state index in [4.69, 9.17) is 4.74 Å². The number of hydrogen-bond donors (Lipinski definition) is 1. The Bertz CT molecular complexity index is 361. The van der Waals surface area contributed by atoms with Crippen LogP contribution < -0.4 is 5.32 Å². The molecule has 1 aromatic heterocycles. The van der Waals surface area contributed by atoms with E-state index in [1.54, 1.807) is 0 Å². The Balaban J connectivity index is 2.85. The fourth-order valence-electron chi connectivity index (χ4n) is 2.71. The smallest absolute Gasteiger partial charge is 0.0829 e. The van der Waals surface area contributed by atoms with Gasteiger partial charge in [-0.15, -0.1) is 0 Å². The number of rotatable bonds is 8. The van der Waals surface area contributed by atoms with Gasteiger partial charge in [0.15, 0.2) is 0 Å². The SMILES string of the molecule is CCC(CC)(OC)C(Cc1ccn(C(C)C)n1)NC. The average Bonchev–Trinajstić information content (AvgIpc) is 2.88. The molecule has 0 fully saturated rings. The molecule has 19 heavy (non-hydrogen) atoms. The standard InChI is InChI=1S/C15H29N3O/c1-7-15(8-2,19-6)14(16-5)11-13-9-10-18(17-13)12(3)4/h9-10,12,14,16H,7-8,11H2,1-6H3. The number of hydrogen-bond acceptors (Lipinski definition) is 3. The minimum Gasteiger partial charge on any atom is -0.377 e. The lowest BCUT2D eigenvalue weighted by Gasteiger charge is -2.38. The first kappa shape index (κ1) is 16.2. The second-order valence-electron chi connectivity index (χ2n) is 5.40. The predicted molar refractivity (Wildman–Crippen MR) is 79.5 cm³/mol. The average molecular weight is 267 g/mol. The van der Waals surface area contributed by atoms with Gasteiger partial charge in [0, 0.05) is 31.8 Å². The fourth-order valence-corrected chi connectivity index (χ4v) is 2.71. The molecule has 4 nitrogen and oxygen atoms in total. The predicted octanol–water partition coefficient (Wildman–Crippen LogP) is 2.80. The van der Waals surface area contributed by atoms with Crippen LogP contribution in [0.5, 0.6) is 0 Å². The van der Waals surface area contributed by atoms with Gasteiger partial charge < -0.3 is 10.1 Å². The Morgan fingerprint density at radius 2 is 2.00 bits per heavy atom. The van der Waals surface area contributed by atoms with Crippen molar-refractivity contribution in [3.8, 4) is 0 Å². The van der Waals surface area contributed by atoms with E-state index in [0.29, 0.717) is 6.04 Å². The normalized spacial score (nSPS) is 14.1. The molecule has 0 aliphatic carbocycles. The Morgan fingerprint density at radius 3 is 2.37 bits per heavy atom. The van der Waals surface area contributed by atoms with Crippen LogP contribution in [0.2, 0.25) is 0 Å². The van der Waals surface area contributed by atoms with E-state index < -0.39 is 0 Å². The minimum atomic E-state index is -0.115. The maximum absolute atomic E-state index is 5.82. The monoisotopic (exact) mass is 267 g/mol. The van der Waals surface area contributed by atoms with Crippen molar-refractivity contribution in [3.05, 3.63) is 18.0 Å². The second-order valence-corrected chi connectivity index (χ2v) is 5.40. The fraction of sp³-hybridized carbons (Fsp3) is 0.800. The summed E-state index contributed by atoms with van der Waals surface area (Å²) in [7, 11) is 3.81. The number of nitrogens with zero attached hydrogens (tertiary/aromatic N) is 2. The van der Waals surface area contributed by atoms with E-state index in [2.05, 4.69) is 50.4 Å². The Morgan fingerprint density at radius 1 is 1.37 bits per heavy atom. The molecule has 1 N–H and O–H groups in total. The summed E-state index contributed by atoms with van der Waals surface area (Å²) < 4.78 is 7.83. The molecular formula is C15H29N3O. The first-order valence-corrected chi connectivity index (χ1v) is 7.29. The number of methoxy groups -OCH3 is 1. The van der Waals surface area contributed by atoms with Gasteiger partial charge in [-0.25, -0.2) is 0 Å². The lowest BCUT2D eigenvalue weighted by Crippen LogP contribution is -2.51. The molecule has 0 saturated carbocycles. The van der Waals surface area contributed by atoms with Crippen molar-refractivity contribution in [1.29, 1.82) is 0 Å². The van der Waals surface area contributed by atoms with Crippen molar-refractivity contribution in [1.82, 2.24) is 15.1 Å². The lowest BCUT2D eigenvalue weighted by atomic mass is 9.85. The molecule has 1 unspecified atom stereocenters. The molecule has 0 radical (unpaired) electrons. The Hall–Kier alpha value is -0.870. The maximum Gasteiger partial charge on any atom is 0.0829 e. The van der Waals surface area contributed by atoms with Crippen LogP contribution in [-0.4, -0.2) is 35.6 Å². The van der Waals surface area contributed by atoms with E-state index in [1.165, 1.54) is 0 Å². The summed E-state index contributed by atoms with van der Waals surface area (Å²) in [6, 6.07) is 2.80. The van der Waals surface area contributed by atoms with Crippen LogP contribution in [0.25, 0.3) is 0 Å². The molecule has 110 valence electrons. The third-order valence-corrected chi connectivity index (χ3v) is 4.19. The van der Waals surface area contributed by atoms with Crippen LogP contribution in [-0.2, 0) is 11.2 Å². The highest BCUT2D eigenvalue weighted by atomic mass is 16.5. The van der Waals surface area contributed by atoms with Gasteiger partial charge in [0.25, 0.3) is 0 Å². The Kier molecular flexibility index (Phi) is 6.01. The van der Waals surface area contributed by atoms with Crippen molar-refractivity contribution < 1.29 is 4.74 Å². The highest BCUT2D eigenvalue weighted by molar-refractivity contribution is 5.06. The van der Waals surface area contributed by atoms with Crippen LogP contribution in [0.1, 0.15) is 52.3 Å². The minimum absolute atomic E-state index is 0.115. The zero-order valence-corrected chi connectivity index (χ0v) is 13.2. The van der Waals surface area contributed by atoms with Gasteiger partial charge in [-0.05, 0) is 39.8 Å². The van der Waals surface area contributed by atoms with Crippen molar-refractivity contribution >= 4 is 0 Å². The zero-order valence-electron chi connectivity index (χ0n) is 13.2. The number of likely N-dealkylation sites (N-methyl/N-ethyl adjacent to an activating group) is 1. The van der Waals surface area contributed by atoms with E-state index in [-0.39, 0.29) is 11.6 Å². The van der Waals surface area contributed by atoms with Crippen LogP contribution >= 0.6 is 0 Å². The van der Waals surface area contributed by atoms with Crippen molar-refractivity contribution in [2.45, 2.75) is 64.6 Å². The summed E-state index contributed by atoms with van der Waals surface area (Å²) >= 11 is 0. The molecule has 1 aromatic rings. The van der Waals surface area contributed by atoms with Crippen LogP contribution in [0.3, 0.4) is 0 Å². The lowest BCUT2D eigenvalue weighted by molar-refractivity contribution is -0.0456. The first-order valence-electron chi connectivity index (χ1n) is 7.29. The van der Waals surface area contributed by atoms with Gasteiger partial charge in [0.2, 0.25) is 0 Å². The molecular weight excluding hydrogens is 238 g/mol. The number of ether oxygens (including phenoxy) is 1. The highest BCUT2D eigenvalue weighted by Gasteiger charge is 2.35. The van der Waals surface area contributed by atoms with E-state index in [1.807, 2.05) is 18.8 Å². The van der Waals surface area contributed by atoms with Gasteiger partial charge in [-0.2, -0.15) is 5.10 Å². The molecule has 1 rings (SSSR count). The molecule has 0 amide bonds. The third-order valence-electron chi connectivity index (χ3n) is 4.19. The molecule has 4 heteroatoms. The molecule has 0 bridgehead atoms. The molecule has 1 atom stereocenters. The van der Waals surface area contributed by atoms with Crippen molar-refractivity contribution in [2.75, 3.05) is 14.2 Å². The number of aromatic nitrogens is 2. The summed E-state index contributed by atoms with van der Waals surface area (Å²) in [6.07, 6.45) is 4.94. The summed E-state index contributed by atoms with van der Waals surface area (Å²) in [4.78, 5) is 0. The summed E-state index contributed by atoms with van der Waals surface area (Å²) in [5.41, 5.74) is 1.01. The number of nitrogens with one attached hydrogen (secondary N) is 1. The second kappa shape index (κ2) is 7.06. The molecule has 1 heterocycles. The van der Waals surface area contributed by atoms with Gasteiger partial charge in [0.1, 0.15) is 0 Å². The van der Waals surface area contributed by atoms with Crippen molar-refractivity contribution in [2.24, 2.45) is 0 Å². The molecule has 0 saturated heterocycles. The topological polar surface area (TPSA) is 39.1 Å². The molecule has 0 spiro atoms. The van der Waals surface area contributed by atoms with E-state index >= 15 is 0 Å². The molecule has 0 aromatic carbocycles. The Labute approximate surface area is 117 Å². The molecule has 0 aliphatic rings. The van der Waals surface area contributed by atoms with E-state index in [0.717, 1.165) is 25.0 Å². The van der Waals surface area contributed by atoms with Crippen LogP contribution in [0.15, 0.2) is 12.3 Å². The van der Waals surface area contributed by atoms with Gasteiger partial charge in [-0.1, -0.05) is 13.8 Å². The zero-order chi connectivity index (χ0) is 14.5. The van der Waals surface area contributed by atoms with Gasteiger partial charge in [0.05, 0.1) is 11.3 Å². The highest BCUT2D eigenvalue weighted by Crippen LogP contribution is 2.26. The van der Waals surface area contributed by atoms with E-state index in [9.17, 15) is 0 Å². The maximum atomic E-state index is 5.82. The van der Waals surface area contributed by atoms with Crippen LogP contribution in [0.4, 0.5) is 0 Å². The van der Waals surface area contributed by atoms with Gasteiger partial charge in [-0.3, -0.25) is 4.68 Å².